The highest BCUT2D eigenvalue weighted by molar-refractivity contribution is 6.31. The molecule has 2 N–H and O–H groups in total. The van der Waals surface area contributed by atoms with E-state index in [0.29, 0.717) is 22.9 Å². The second-order valence-corrected chi connectivity index (χ2v) is 7.48. The molecule has 9 nitrogen and oxygen atoms in total. The summed E-state index contributed by atoms with van der Waals surface area (Å²) in [7, 11) is 1.50. The number of nitrogens with zero attached hydrogens (tertiary/aromatic N) is 2. The normalized spacial score (nSPS) is 10.5. The van der Waals surface area contributed by atoms with Crippen LogP contribution in [0, 0.1) is 6.92 Å². The van der Waals surface area contributed by atoms with Gasteiger partial charge in [0, 0.05) is 23.8 Å². The van der Waals surface area contributed by atoms with Gasteiger partial charge in [-0.2, -0.15) is 5.10 Å². The zero-order valence-corrected chi connectivity index (χ0v) is 18.9. The Morgan fingerprint density at radius 1 is 1.03 bits per heavy atom. The highest BCUT2D eigenvalue weighted by atomic mass is 35.5. The molecule has 0 saturated carbocycles. The number of amides is 2. The molecular formula is C23H23ClN4O5. The molecule has 0 aliphatic carbocycles. The zero-order chi connectivity index (χ0) is 23.8. The van der Waals surface area contributed by atoms with E-state index in [1.54, 1.807) is 36.4 Å². The Morgan fingerprint density at radius 2 is 1.76 bits per heavy atom. The number of hydrogen-bond acceptors (Lipinski definition) is 6. The zero-order valence-electron chi connectivity index (χ0n) is 18.1. The average Bonchev–Trinajstić information content (AvgIpc) is 2.82. The fourth-order valence-electron chi connectivity index (χ4n) is 2.78. The van der Waals surface area contributed by atoms with E-state index in [0.717, 1.165) is 15.8 Å². The van der Waals surface area contributed by atoms with Crippen LogP contribution in [0.2, 0.25) is 5.02 Å². The third-order valence-corrected chi connectivity index (χ3v) is 5.07. The molecule has 0 atom stereocenters. The smallest absolute Gasteiger partial charge is 0.290 e. The average molecular weight is 471 g/mol. The number of carbonyl (C=O) groups excluding carboxylic acids is 2. The van der Waals surface area contributed by atoms with Gasteiger partial charge in [0.15, 0.2) is 5.69 Å². The molecule has 10 heteroatoms. The predicted molar refractivity (Wildman–Crippen MR) is 122 cm³/mol. The topological polar surface area (TPSA) is 112 Å². The van der Waals surface area contributed by atoms with Crippen molar-refractivity contribution in [2.75, 3.05) is 13.7 Å². The van der Waals surface area contributed by atoms with Crippen molar-refractivity contribution in [3.63, 3.8) is 0 Å². The predicted octanol–water partition coefficient (Wildman–Crippen LogP) is 2.51. The number of aryl methyl sites for hydroxylation is 1. The van der Waals surface area contributed by atoms with Crippen molar-refractivity contribution in [2.24, 2.45) is 0 Å². The third kappa shape index (κ3) is 6.64. The maximum absolute atomic E-state index is 12.3. The van der Waals surface area contributed by atoms with Crippen LogP contribution in [0.4, 0.5) is 0 Å². The molecule has 0 bridgehead atoms. The third-order valence-electron chi connectivity index (χ3n) is 4.65. The van der Waals surface area contributed by atoms with Crippen LogP contribution in [0.1, 0.15) is 32.0 Å². The van der Waals surface area contributed by atoms with Gasteiger partial charge >= 0.3 is 0 Å². The summed E-state index contributed by atoms with van der Waals surface area (Å²) in [5, 5.41) is 4.64. The summed E-state index contributed by atoms with van der Waals surface area (Å²) in [5.74, 6) is -0.460. The van der Waals surface area contributed by atoms with Crippen LogP contribution in [0.5, 0.6) is 5.75 Å². The maximum Gasteiger partial charge on any atom is 0.290 e. The molecule has 172 valence electrons. The Kier molecular flexibility index (Phi) is 8.17. The highest BCUT2D eigenvalue weighted by Crippen LogP contribution is 2.21. The fraction of sp³-hybridized carbons (Fsp3) is 0.217. The molecule has 2 amide bonds. The Balaban J connectivity index is 1.53. The van der Waals surface area contributed by atoms with Gasteiger partial charge in [-0.1, -0.05) is 23.7 Å². The van der Waals surface area contributed by atoms with Gasteiger partial charge in [-0.15, -0.1) is 0 Å². The van der Waals surface area contributed by atoms with Crippen molar-refractivity contribution in [1.29, 1.82) is 0 Å². The minimum atomic E-state index is -0.655. The molecule has 1 aromatic heterocycles. The summed E-state index contributed by atoms with van der Waals surface area (Å²) in [4.78, 5) is 36.4. The molecule has 0 saturated heterocycles. The molecule has 3 aromatic rings. The minimum absolute atomic E-state index is 0.0177. The number of ether oxygens (including phenoxy) is 2. The van der Waals surface area contributed by atoms with Crippen molar-refractivity contribution in [3.05, 3.63) is 92.4 Å². The molecule has 0 spiro atoms. The number of rotatable bonds is 8. The van der Waals surface area contributed by atoms with Crippen molar-refractivity contribution < 1.29 is 19.1 Å². The van der Waals surface area contributed by atoms with E-state index in [2.05, 4.69) is 16.0 Å². The van der Waals surface area contributed by atoms with E-state index in [1.165, 1.54) is 19.2 Å². The number of aromatic nitrogens is 2. The molecule has 33 heavy (non-hydrogen) atoms. The van der Waals surface area contributed by atoms with Gasteiger partial charge < -0.3 is 9.47 Å². The molecule has 0 radical (unpaired) electrons. The molecule has 2 aromatic carbocycles. The number of benzene rings is 2. The van der Waals surface area contributed by atoms with Crippen molar-refractivity contribution in [2.45, 2.75) is 20.1 Å². The summed E-state index contributed by atoms with van der Waals surface area (Å²) in [6.45, 7) is 2.70. The molecule has 1 heterocycles. The Morgan fingerprint density at radius 3 is 2.45 bits per heavy atom. The summed E-state index contributed by atoms with van der Waals surface area (Å²) in [5.41, 5.74) is 6.38. The number of carbonyl (C=O) groups is 2. The van der Waals surface area contributed by atoms with Crippen molar-refractivity contribution in [3.8, 4) is 5.75 Å². The number of methoxy groups -OCH3 is 1. The number of hydrogen-bond donors (Lipinski definition) is 2. The Hall–Kier alpha value is -3.69. The number of nitrogens with one attached hydrogen (secondary N) is 2. The molecule has 0 fully saturated rings. The molecule has 0 unspecified atom stereocenters. The van der Waals surface area contributed by atoms with E-state index in [-0.39, 0.29) is 24.4 Å². The first kappa shape index (κ1) is 24.0. The van der Waals surface area contributed by atoms with Gasteiger partial charge in [0.05, 0.1) is 13.2 Å². The maximum atomic E-state index is 12.3. The first-order chi connectivity index (χ1) is 15.9. The van der Waals surface area contributed by atoms with E-state index in [4.69, 9.17) is 21.1 Å². The van der Waals surface area contributed by atoms with Crippen LogP contribution in [-0.2, 0) is 17.9 Å². The van der Waals surface area contributed by atoms with Crippen LogP contribution in [0.15, 0.2) is 59.4 Å². The van der Waals surface area contributed by atoms with E-state index in [1.807, 2.05) is 13.0 Å². The number of halogens is 1. The SMILES string of the molecule is COCCn1nc(C(=O)NNC(=O)c2ccc(COc3ccc(Cl)c(C)c3)cc2)ccc1=O. The Bertz CT molecular complexity index is 1190. The number of hydrazine groups is 1. The first-order valence-corrected chi connectivity index (χ1v) is 10.4. The largest absolute Gasteiger partial charge is 0.489 e. The molecule has 0 aliphatic heterocycles. The first-order valence-electron chi connectivity index (χ1n) is 10.0. The van der Waals surface area contributed by atoms with E-state index >= 15 is 0 Å². The van der Waals surface area contributed by atoms with E-state index < -0.39 is 11.8 Å². The van der Waals surface area contributed by atoms with Gasteiger partial charge in [-0.05, 0) is 54.4 Å². The second kappa shape index (κ2) is 11.3. The highest BCUT2D eigenvalue weighted by Gasteiger charge is 2.12. The standard InChI is InChI=1S/C23H23ClN4O5/c1-15-13-18(7-8-19(15)24)33-14-16-3-5-17(6-4-16)22(30)25-26-23(31)20-9-10-21(29)28(27-20)11-12-32-2/h3-10,13H,11-12,14H2,1-2H3,(H,25,30)(H,26,31). The van der Waals surface area contributed by atoms with Crippen LogP contribution in [0.3, 0.4) is 0 Å². The summed E-state index contributed by atoms with van der Waals surface area (Å²) in [6.07, 6.45) is 0. The van der Waals surface area contributed by atoms with E-state index in [9.17, 15) is 14.4 Å². The second-order valence-electron chi connectivity index (χ2n) is 7.08. The van der Waals surface area contributed by atoms with Crippen LogP contribution < -0.4 is 21.1 Å². The quantitative estimate of drug-likeness (QED) is 0.489. The van der Waals surface area contributed by atoms with Crippen molar-refractivity contribution in [1.82, 2.24) is 20.6 Å². The summed E-state index contributed by atoms with van der Waals surface area (Å²) >= 11 is 6.02. The molecular weight excluding hydrogens is 448 g/mol. The lowest BCUT2D eigenvalue weighted by Gasteiger charge is -2.10. The van der Waals surface area contributed by atoms with Crippen LogP contribution in [0.25, 0.3) is 0 Å². The summed E-state index contributed by atoms with van der Waals surface area (Å²) in [6, 6.07) is 14.7. The lowest BCUT2D eigenvalue weighted by Crippen LogP contribution is -2.42. The van der Waals surface area contributed by atoms with Gasteiger partial charge in [0.2, 0.25) is 0 Å². The van der Waals surface area contributed by atoms with Crippen LogP contribution >= 0.6 is 11.6 Å². The van der Waals surface area contributed by atoms with Gasteiger partial charge in [-0.3, -0.25) is 25.2 Å². The van der Waals surface area contributed by atoms with Gasteiger partial charge in [-0.25, -0.2) is 4.68 Å². The van der Waals surface area contributed by atoms with Crippen LogP contribution in [-0.4, -0.2) is 35.3 Å². The summed E-state index contributed by atoms with van der Waals surface area (Å²) < 4.78 is 11.8. The molecule has 3 rings (SSSR count). The molecule has 0 aliphatic rings. The van der Waals surface area contributed by atoms with Gasteiger partial charge in [0.25, 0.3) is 17.4 Å². The Labute approximate surface area is 195 Å². The lowest BCUT2D eigenvalue weighted by molar-refractivity contribution is 0.0842. The minimum Gasteiger partial charge on any atom is -0.489 e. The lowest BCUT2D eigenvalue weighted by atomic mass is 10.1. The fourth-order valence-corrected chi connectivity index (χ4v) is 2.90. The monoisotopic (exact) mass is 470 g/mol. The van der Waals surface area contributed by atoms with Crippen molar-refractivity contribution >= 4 is 23.4 Å². The van der Waals surface area contributed by atoms with Gasteiger partial charge in [0.1, 0.15) is 12.4 Å².